The van der Waals surface area contributed by atoms with Gasteiger partial charge in [-0.25, -0.2) is 0 Å². The Bertz CT molecular complexity index is 320. The third kappa shape index (κ3) is 1.73. The second-order valence-electron chi connectivity index (χ2n) is 3.10. The molecule has 13 heavy (non-hydrogen) atoms. The lowest BCUT2D eigenvalue weighted by molar-refractivity contribution is 0.326. The maximum atomic E-state index is 5.55. The highest BCUT2D eigenvalue weighted by atomic mass is 16.5. The lowest BCUT2D eigenvalue weighted by atomic mass is 10.1. The first-order valence-corrected chi connectivity index (χ1v) is 4.49. The van der Waals surface area contributed by atoms with Gasteiger partial charge in [0.2, 0.25) is 0 Å². The molecule has 0 radical (unpaired) electrons. The molecule has 0 unspecified atom stereocenters. The fourth-order valence-corrected chi connectivity index (χ4v) is 1.46. The van der Waals surface area contributed by atoms with Crippen LogP contribution in [0.15, 0.2) is 24.8 Å². The van der Waals surface area contributed by atoms with Crippen molar-refractivity contribution in [3.63, 3.8) is 0 Å². The molecule has 2 rings (SSSR count). The summed E-state index contributed by atoms with van der Waals surface area (Å²) in [5, 5.41) is 3.30. The first kappa shape index (κ1) is 8.32. The van der Waals surface area contributed by atoms with Crippen LogP contribution in [-0.4, -0.2) is 13.2 Å². The molecule has 1 aliphatic heterocycles. The Balaban J connectivity index is 2.37. The van der Waals surface area contributed by atoms with E-state index in [1.54, 1.807) is 0 Å². The van der Waals surface area contributed by atoms with Gasteiger partial charge in [0, 0.05) is 18.7 Å². The van der Waals surface area contributed by atoms with Crippen LogP contribution in [0.3, 0.4) is 0 Å². The molecule has 68 valence electrons. The van der Waals surface area contributed by atoms with Crippen molar-refractivity contribution in [2.24, 2.45) is 0 Å². The smallest absolute Gasteiger partial charge is 0.123 e. The molecule has 1 aromatic rings. The monoisotopic (exact) mass is 175 g/mol. The van der Waals surface area contributed by atoms with Gasteiger partial charge in [-0.05, 0) is 17.7 Å². The Hall–Kier alpha value is -1.28. The second kappa shape index (κ2) is 3.62. The molecule has 0 aromatic heterocycles. The van der Waals surface area contributed by atoms with Crippen molar-refractivity contribution in [2.45, 2.75) is 6.54 Å². The Morgan fingerprint density at radius 1 is 1.46 bits per heavy atom. The Kier molecular flexibility index (Phi) is 2.32. The predicted molar refractivity (Wildman–Crippen MR) is 53.7 cm³/mol. The van der Waals surface area contributed by atoms with Gasteiger partial charge in [-0.15, -0.1) is 0 Å². The van der Waals surface area contributed by atoms with Crippen molar-refractivity contribution in [2.75, 3.05) is 13.2 Å². The minimum Gasteiger partial charge on any atom is -0.492 e. The lowest BCUT2D eigenvalue weighted by Crippen LogP contribution is -2.16. The van der Waals surface area contributed by atoms with E-state index in [0.29, 0.717) is 0 Å². The van der Waals surface area contributed by atoms with Crippen LogP contribution in [0.25, 0.3) is 6.08 Å². The first-order chi connectivity index (χ1) is 6.40. The van der Waals surface area contributed by atoms with Crippen LogP contribution in [0.1, 0.15) is 11.1 Å². The molecule has 2 heteroatoms. The van der Waals surface area contributed by atoms with Crippen LogP contribution >= 0.6 is 0 Å². The molecule has 0 fully saturated rings. The normalized spacial score (nSPS) is 15.4. The molecule has 1 aromatic carbocycles. The topological polar surface area (TPSA) is 21.3 Å². The van der Waals surface area contributed by atoms with Crippen LogP contribution in [0.4, 0.5) is 0 Å². The third-order valence-electron chi connectivity index (χ3n) is 2.17. The molecular weight excluding hydrogens is 162 g/mol. The number of fused-ring (bicyclic) bond motifs is 1. The molecule has 0 atom stereocenters. The van der Waals surface area contributed by atoms with E-state index in [1.165, 1.54) is 5.56 Å². The minimum absolute atomic E-state index is 0.750. The predicted octanol–water partition coefficient (Wildman–Crippen LogP) is 1.81. The van der Waals surface area contributed by atoms with E-state index >= 15 is 0 Å². The number of rotatable bonds is 1. The van der Waals surface area contributed by atoms with Gasteiger partial charge in [0.15, 0.2) is 0 Å². The van der Waals surface area contributed by atoms with Gasteiger partial charge < -0.3 is 10.1 Å². The zero-order chi connectivity index (χ0) is 9.10. The molecule has 0 bridgehead atoms. The molecule has 0 aliphatic carbocycles. The Morgan fingerprint density at radius 3 is 3.23 bits per heavy atom. The molecular formula is C11H13NO. The maximum absolute atomic E-state index is 5.55. The highest BCUT2D eigenvalue weighted by molar-refractivity contribution is 5.51. The van der Waals surface area contributed by atoms with Crippen LogP contribution in [0.5, 0.6) is 5.75 Å². The lowest BCUT2D eigenvalue weighted by Gasteiger charge is -2.06. The van der Waals surface area contributed by atoms with E-state index < -0.39 is 0 Å². The second-order valence-corrected chi connectivity index (χ2v) is 3.10. The largest absolute Gasteiger partial charge is 0.492 e. The van der Waals surface area contributed by atoms with Crippen LogP contribution in [-0.2, 0) is 6.54 Å². The summed E-state index contributed by atoms with van der Waals surface area (Å²) in [6.07, 6.45) is 1.85. The molecule has 0 saturated carbocycles. The zero-order valence-electron chi connectivity index (χ0n) is 7.55. The van der Waals surface area contributed by atoms with Crippen molar-refractivity contribution in [3.05, 3.63) is 35.9 Å². The quantitative estimate of drug-likeness (QED) is 0.703. The van der Waals surface area contributed by atoms with Gasteiger partial charge in [0.05, 0.1) is 0 Å². The highest BCUT2D eigenvalue weighted by Gasteiger charge is 2.07. The highest BCUT2D eigenvalue weighted by Crippen LogP contribution is 2.21. The van der Waals surface area contributed by atoms with E-state index in [-0.39, 0.29) is 0 Å². The number of nitrogens with one attached hydrogen (secondary N) is 1. The standard InChI is InChI=1S/C11H13NO/c1-2-9-3-4-11-10(7-9)8-12-5-6-13-11/h2-4,7,12H,1,5-6,8H2. The van der Waals surface area contributed by atoms with Gasteiger partial charge in [-0.3, -0.25) is 0 Å². The molecule has 0 saturated heterocycles. The number of hydrogen-bond acceptors (Lipinski definition) is 2. The summed E-state index contributed by atoms with van der Waals surface area (Å²) in [7, 11) is 0. The van der Waals surface area contributed by atoms with Gasteiger partial charge in [0.25, 0.3) is 0 Å². The number of hydrogen-bond donors (Lipinski definition) is 1. The van der Waals surface area contributed by atoms with E-state index in [4.69, 9.17) is 4.74 Å². The fourth-order valence-electron chi connectivity index (χ4n) is 1.46. The zero-order valence-corrected chi connectivity index (χ0v) is 7.55. The summed E-state index contributed by atoms with van der Waals surface area (Å²) in [5.41, 5.74) is 2.36. The summed E-state index contributed by atoms with van der Waals surface area (Å²) < 4.78 is 5.55. The molecule has 1 aliphatic rings. The van der Waals surface area contributed by atoms with Crippen molar-refractivity contribution in [1.82, 2.24) is 5.32 Å². The van der Waals surface area contributed by atoms with E-state index in [9.17, 15) is 0 Å². The van der Waals surface area contributed by atoms with Crippen molar-refractivity contribution in [1.29, 1.82) is 0 Å². The molecule has 1 N–H and O–H groups in total. The van der Waals surface area contributed by atoms with Crippen molar-refractivity contribution < 1.29 is 4.74 Å². The van der Waals surface area contributed by atoms with Crippen LogP contribution in [0.2, 0.25) is 0 Å². The van der Waals surface area contributed by atoms with E-state index in [0.717, 1.165) is 31.0 Å². The fraction of sp³-hybridized carbons (Fsp3) is 0.273. The average molecular weight is 175 g/mol. The van der Waals surface area contributed by atoms with Crippen molar-refractivity contribution >= 4 is 6.08 Å². The summed E-state index contributed by atoms with van der Waals surface area (Å²) in [4.78, 5) is 0. The summed E-state index contributed by atoms with van der Waals surface area (Å²) in [6.45, 7) is 6.29. The Morgan fingerprint density at radius 2 is 2.38 bits per heavy atom. The summed E-state index contributed by atoms with van der Waals surface area (Å²) in [5.74, 6) is 0.996. The van der Waals surface area contributed by atoms with Crippen LogP contribution in [0, 0.1) is 0 Å². The average Bonchev–Trinajstić information content (AvgIpc) is 2.41. The van der Waals surface area contributed by atoms with Gasteiger partial charge >= 0.3 is 0 Å². The third-order valence-corrected chi connectivity index (χ3v) is 2.17. The van der Waals surface area contributed by atoms with Crippen LogP contribution < -0.4 is 10.1 Å². The minimum atomic E-state index is 0.750. The maximum Gasteiger partial charge on any atom is 0.123 e. The summed E-state index contributed by atoms with van der Waals surface area (Å²) >= 11 is 0. The number of benzene rings is 1. The van der Waals surface area contributed by atoms with Crippen molar-refractivity contribution in [3.8, 4) is 5.75 Å². The molecule has 0 spiro atoms. The SMILES string of the molecule is C=Cc1ccc2c(c1)CNCCO2. The van der Waals surface area contributed by atoms with E-state index in [1.807, 2.05) is 18.2 Å². The van der Waals surface area contributed by atoms with Gasteiger partial charge in [-0.2, -0.15) is 0 Å². The van der Waals surface area contributed by atoms with Gasteiger partial charge in [0.1, 0.15) is 12.4 Å². The van der Waals surface area contributed by atoms with E-state index in [2.05, 4.69) is 18.0 Å². The number of ether oxygens (including phenoxy) is 1. The molecule has 0 amide bonds. The summed E-state index contributed by atoms with van der Waals surface area (Å²) in [6, 6.07) is 6.15. The molecule has 2 nitrogen and oxygen atoms in total. The van der Waals surface area contributed by atoms with Gasteiger partial charge in [-0.1, -0.05) is 18.7 Å². The first-order valence-electron chi connectivity index (χ1n) is 4.49. The molecule has 1 heterocycles. The Labute approximate surface area is 78.2 Å².